The first-order valence-electron chi connectivity index (χ1n) is 11.3. The fraction of sp³-hybridized carbons (Fsp3) is 0.148. The first-order chi connectivity index (χ1) is 17.8. The predicted octanol–water partition coefficient (Wildman–Crippen LogP) is 7.04. The molecule has 5 aromatic rings. The minimum atomic E-state index is -4.86. The van der Waals surface area contributed by atoms with E-state index in [1.165, 1.54) is 18.3 Å². The van der Waals surface area contributed by atoms with Gasteiger partial charge in [0, 0.05) is 28.7 Å². The van der Waals surface area contributed by atoms with Crippen molar-refractivity contribution in [3.05, 3.63) is 101 Å². The second kappa shape index (κ2) is 9.74. The van der Waals surface area contributed by atoms with Crippen LogP contribution in [0, 0.1) is 0 Å². The number of hydrogen-bond donors (Lipinski definition) is 0. The minimum Gasteiger partial charge on any atom is -0.494 e. The average Bonchev–Trinajstić information content (AvgIpc) is 3.49. The molecule has 0 unspecified atom stereocenters. The lowest BCUT2D eigenvalue weighted by Crippen LogP contribution is -2.18. The van der Waals surface area contributed by atoms with Gasteiger partial charge in [-0.1, -0.05) is 29.8 Å². The number of rotatable bonds is 7. The highest BCUT2D eigenvalue weighted by molar-refractivity contribution is 6.30. The summed E-state index contributed by atoms with van der Waals surface area (Å²) >= 11 is 5.95. The van der Waals surface area contributed by atoms with Gasteiger partial charge in [0.2, 0.25) is 11.7 Å². The number of aromatic nitrogens is 3. The van der Waals surface area contributed by atoms with Gasteiger partial charge in [0.25, 0.3) is 0 Å². The van der Waals surface area contributed by atoms with Crippen LogP contribution < -0.4 is 4.74 Å². The van der Waals surface area contributed by atoms with Crippen molar-refractivity contribution in [3.63, 3.8) is 0 Å². The molecule has 0 aliphatic heterocycles. The zero-order valence-corrected chi connectivity index (χ0v) is 20.2. The molecule has 0 atom stereocenters. The first-order valence-corrected chi connectivity index (χ1v) is 11.7. The fourth-order valence-electron chi connectivity index (χ4n) is 4.16. The Balaban J connectivity index is 1.71. The van der Waals surface area contributed by atoms with E-state index in [0.29, 0.717) is 28.6 Å². The van der Waals surface area contributed by atoms with E-state index in [2.05, 4.69) is 9.97 Å². The number of benzene rings is 2. The molecule has 0 saturated heterocycles. The van der Waals surface area contributed by atoms with Gasteiger partial charge in [0.1, 0.15) is 17.1 Å². The number of hydrogen-bond acceptors (Lipinski definition) is 5. The Morgan fingerprint density at radius 1 is 1.08 bits per heavy atom. The zero-order valence-electron chi connectivity index (χ0n) is 19.4. The summed E-state index contributed by atoms with van der Waals surface area (Å²) in [6.07, 6.45) is -2.23. The van der Waals surface area contributed by atoms with Crippen LogP contribution in [0.3, 0.4) is 0 Å². The molecule has 0 saturated carbocycles. The molecular formula is C27H19ClF3N3O3. The molecule has 0 spiro atoms. The Morgan fingerprint density at radius 3 is 2.54 bits per heavy atom. The topological polar surface area (TPSA) is 70.2 Å². The number of nitrogens with zero attached hydrogens (tertiary/aromatic N) is 3. The first kappa shape index (κ1) is 24.6. The number of ether oxygens (including phenoxy) is 1. The molecule has 0 fully saturated rings. The lowest BCUT2D eigenvalue weighted by Gasteiger charge is -2.15. The van der Waals surface area contributed by atoms with Gasteiger partial charge in [0.05, 0.1) is 18.4 Å². The van der Waals surface area contributed by atoms with Crippen molar-refractivity contribution in [3.8, 4) is 17.3 Å². The summed E-state index contributed by atoms with van der Waals surface area (Å²) in [5.41, 5.74) is -0.481. The van der Waals surface area contributed by atoms with Crippen LogP contribution in [-0.2, 0) is 12.7 Å². The molecule has 3 aromatic heterocycles. The van der Waals surface area contributed by atoms with Crippen LogP contribution in [0.1, 0.15) is 34.3 Å². The van der Waals surface area contributed by atoms with Crippen molar-refractivity contribution >= 4 is 28.3 Å². The van der Waals surface area contributed by atoms with Gasteiger partial charge in [0.15, 0.2) is 5.76 Å². The Kier molecular flexibility index (Phi) is 6.47. The lowest BCUT2D eigenvalue weighted by atomic mass is 10.0. The normalized spacial score (nSPS) is 11.7. The second-order valence-corrected chi connectivity index (χ2v) is 8.56. The van der Waals surface area contributed by atoms with Crippen molar-refractivity contribution in [1.82, 2.24) is 14.5 Å². The second-order valence-electron chi connectivity index (χ2n) is 8.12. The average molecular weight is 526 g/mol. The summed E-state index contributed by atoms with van der Waals surface area (Å²) in [6, 6.07) is 16.0. The van der Waals surface area contributed by atoms with Crippen LogP contribution in [0.5, 0.6) is 5.75 Å². The molecule has 0 N–H and O–H groups in total. The number of carbonyl (C=O) groups excluding carboxylic acids is 1. The maximum atomic E-state index is 14.6. The molecule has 3 heterocycles. The van der Waals surface area contributed by atoms with Crippen LogP contribution in [0.2, 0.25) is 5.02 Å². The van der Waals surface area contributed by atoms with E-state index in [9.17, 15) is 18.0 Å². The van der Waals surface area contributed by atoms with Gasteiger partial charge < -0.3 is 13.7 Å². The number of carbonyl (C=O) groups is 1. The summed E-state index contributed by atoms with van der Waals surface area (Å²) in [5.74, 6) is -0.917. The summed E-state index contributed by atoms with van der Waals surface area (Å²) in [5, 5.41) is 0.552. The van der Waals surface area contributed by atoms with Crippen molar-refractivity contribution in [2.75, 3.05) is 6.61 Å². The summed E-state index contributed by atoms with van der Waals surface area (Å²) in [6.45, 7) is 1.93. The molecule has 5 rings (SSSR count). The number of halogens is 4. The molecule has 10 heteroatoms. The third kappa shape index (κ3) is 4.82. The van der Waals surface area contributed by atoms with Crippen LogP contribution in [0.15, 0.2) is 77.5 Å². The zero-order chi connectivity index (χ0) is 26.2. The minimum absolute atomic E-state index is 0.0254. The molecule has 37 heavy (non-hydrogen) atoms. The molecular weight excluding hydrogens is 507 g/mol. The van der Waals surface area contributed by atoms with E-state index in [1.54, 1.807) is 55.5 Å². The van der Waals surface area contributed by atoms with Gasteiger partial charge in [-0.15, -0.1) is 0 Å². The van der Waals surface area contributed by atoms with Crippen molar-refractivity contribution in [1.29, 1.82) is 0 Å². The monoisotopic (exact) mass is 525 g/mol. The molecule has 6 nitrogen and oxygen atoms in total. The Labute approximate surface area is 214 Å². The Bertz CT molecular complexity index is 1580. The van der Waals surface area contributed by atoms with Crippen LogP contribution in [0.4, 0.5) is 13.2 Å². The van der Waals surface area contributed by atoms with Crippen molar-refractivity contribution < 1.29 is 27.1 Å². The summed E-state index contributed by atoms with van der Waals surface area (Å²) < 4.78 is 56.1. The third-order valence-corrected chi connectivity index (χ3v) is 5.96. The van der Waals surface area contributed by atoms with E-state index in [-0.39, 0.29) is 29.1 Å². The molecule has 188 valence electrons. The van der Waals surface area contributed by atoms with Gasteiger partial charge in [-0.25, -0.2) is 4.98 Å². The number of oxazole rings is 1. The fourth-order valence-corrected chi connectivity index (χ4v) is 4.29. The van der Waals surface area contributed by atoms with Gasteiger partial charge in [-0.2, -0.15) is 13.2 Å². The van der Waals surface area contributed by atoms with Crippen LogP contribution >= 0.6 is 11.6 Å². The maximum Gasteiger partial charge on any atom is 0.432 e. The van der Waals surface area contributed by atoms with E-state index >= 15 is 0 Å². The summed E-state index contributed by atoms with van der Waals surface area (Å²) in [7, 11) is 0. The molecule has 0 amide bonds. The quantitative estimate of drug-likeness (QED) is 0.213. The lowest BCUT2D eigenvalue weighted by molar-refractivity contribution is -0.143. The smallest absolute Gasteiger partial charge is 0.432 e. The van der Waals surface area contributed by atoms with E-state index in [0.717, 1.165) is 10.8 Å². The molecule has 0 aliphatic carbocycles. The number of fused-ring (bicyclic) bond motifs is 1. The highest BCUT2D eigenvalue weighted by Gasteiger charge is 2.42. The maximum absolute atomic E-state index is 14.6. The number of alkyl halides is 3. The van der Waals surface area contributed by atoms with Crippen LogP contribution in [0.25, 0.3) is 22.5 Å². The molecule has 0 bridgehead atoms. The highest BCUT2D eigenvalue weighted by atomic mass is 35.5. The third-order valence-electron chi connectivity index (χ3n) is 5.71. The van der Waals surface area contributed by atoms with Crippen LogP contribution in [-0.4, -0.2) is 26.9 Å². The largest absolute Gasteiger partial charge is 0.494 e. The molecule has 2 aromatic carbocycles. The van der Waals surface area contributed by atoms with E-state index in [1.807, 2.05) is 0 Å². The SMILES string of the molecule is CCOc1ccc2c(c1)c(C(=O)c1cnc(-c3ccccn3)o1)c(C(F)(F)F)n2Cc1ccc(Cl)cc1. The van der Waals surface area contributed by atoms with E-state index in [4.69, 9.17) is 20.8 Å². The van der Waals surface area contributed by atoms with Crippen molar-refractivity contribution in [2.45, 2.75) is 19.6 Å². The highest BCUT2D eigenvalue weighted by Crippen LogP contribution is 2.41. The predicted molar refractivity (Wildman–Crippen MR) is 132 cm³/mol. The molecule has 0 radical (unpaired) electrons. The number of pyridine rings is 1. The van der Waals surface area contributed by atoms with Gasteiger partial charge in [-0.3, -0.25) is 9.78 Å². The standard InChI is InChI=1S/C27H19ClF3N3O3/c1-2-36-18-10-11-21-19(13-18)23(24(35)22-14-33-26(37-22)20-5-3-4-12-32-20)25(27(29,30)31)34(21)15-16-6-8-17(28)9-7-16/h3-14H,2,15H2,1H3. The molecule has 0 aliphatic rings. The number of ketones is 1. The Hall–Kier alpha value is -4.11. The van der Waals surface area contributed by atoms with Gasteiger partial charge in [-0.05, 0) is 55.0 Å². The van der Waals surface area contributed by atoms with Crippen molar-refractivity contribution in [2.24, 2.45) is 0 Å². The van der Waals surface area contributed by atoms with E-state index < -0.39 is 23.2 Å². The van der Waals surface area contributed by atoms with Gasteiger partial charge >= 0.3 is 6.18 Å². The Morgan fingerprint density at radius 2 is 1.86 bits per heavy atom. The summed E-state index contributed by atoms with van der Waals surface area (Å²) in [4.78, 5) is 21.8.